The lowest BCUT2D eigenvalue weighted by Crippen LogP contribution is -2.36. The monoisotopic (exact) mass is 172 g/mol. The summed E-state index contributed by atoms with van der Waals surface area (Å²) in [6.07, 6.45) is -0.861. The van der Waals surface area contributed by atoms with Crippen molar-refractivity contribution in [2.75, 3.05) is 6.61 Å². The summed E-state index contributed by atoms with van der Waals surface area (Å²) in [6, 6.07) is 0. The van der Waals surface area contributed by atoms with Crippen LogP contribution in [-0.2, 0) is 9.53 Å². The predicted octanol–water partition coefficient (Wildman–Crippen LogP) is -0.399. The molecule has 2 N–H and O–H groups in total. The van der Waals surface area contributed by atoms with Crippen LogP contribution in [0.1, 0.15) is 13.3 Å². The van der Waals surface area contributed by atoms with Crippen LogP contribution in [0.5, 0.6) is 0 Å². The van der Waals surface area contributed by atoms with E-state index in [1.807, 2.05) is 0 Å². The Morgan fingerprint density at radius 2 is 2.33 bits per heavy atom. The Morgan fingerprint density at radius 3 is 2.83 bits per heavy atom. The molecule has 0 saturated heterocycles. The molecule has 2 atom stereocenters. The van der Waals surface area contributed by atoms with E-state index in [-0.39, 0.29) is 6.42 Å². The van der Waals surface area contributed by atoms with Gasteiger partial charge in [-0.25, -0.2) is 0 Å². The van der Waals surface area contributed by atoms with E-state index in [9.17, 15) is 4.79 Å². The molecular weight excluding hydrogens is 160 g/mol. The van der Waals surface area contributed by atoms with Gasteiger partial charge >= 0.3 is 0 Å². The highest BCUT2D eigenvalue weighted by atomic mass is 16.5. The number of hydrogen-bond acceptors (Lipinski definition) is 4. The van der Waals surface area contributed by atoms with Gasteiger partial charge in [0.2, 0.25) is 0 Å². The van der Waals surface area contributed by atoms with Crippen LogP contribution < -0.4 is 0 Å². The Hall–Kier alpha value is -0.870. The highest BCUT2D eigenvalue weighted by Crippen LogP contribution is 2.17. The highest BCUT2D eigenvalue weighted by molar-refractivity contribution is 5.95. The van der Waals surface area contributed by atoms with Crippen LogP contribution in [0.4, 0.5) is 0 Å². The quantitative estimate of drug-likeness (QED) is 0.595. The summed E-state index contributed by atoms with van der Waals surface area (Å²) in [7, 11) is 0. The molecule has 1 aliphatic carbocycles. The van der Waals surface area contributed by atoms with E-state index in [0.29, 0.717) is 12.4 Å². The molecule has 0 aromatic rings. The molecule has 0 aromatic heterocycles. The number of carbonyl (C=O) groups is 1. The number of rotatable bonds is 2. The lowest BCUT2D eigenvalue weighted by Gasteiger charge is -2.21. The molecule has 0 fully saturated rings. The number of ketones is 1. The Labute approximate surface area is 70.5 Å². The molecule has 68 valence electrons. The second kappa shape index (κ2) is 3.69. The fourth-order valence-electron chi connectivity index (χ4n) is 1.10. The van der Waals surface area contributed by atoms with Crippen molar-refractivity contribution in [3.05, 3.63) is 11.8 Å². The van der Waals surface area contributed by atoms with Crippen LogP contribution in [-0.4, -0.2) is 34.8 Å². The number of aliphatic hydroxyl groups excluding tert-OH is 2. The molecule has 0 radical (unpaired) electrons. The zero-order valence-corrected chi connectivity index (χ0v) is 6.86. The standard InChI is InChI=1S/C8H12O4/c1-2-12-5-3-6(9)8(11)7(10)4-5/h3,7-8,10-11H,2,4H2,1H3/t7-,8+/m0/s1. The molecule has 4 nitrogen and oxygen atoms in total. The number of aliphatic hydroxyl groups is 2. The molecule has 0 amide bonds. The van der Waals surface area contributed by atoms with Gasteiger partial charge in [0.05, 0.1) is 12.7 Å². The highest BCUT2D eigenvalue weighted by Gasteiger charge is 2.29. The van der Waals surface area contributed by atoms with Gasteiger partial charge in [0.1, 0.15) is 11.9 Å². The lowest BCUT2D eigenvalue weighted by molar-refractivity contribution is -0.129. The maximum Gasteiger partial charge on any atom is 0.190 e. The predicted molar refractivity (Wildman–Crippen MR) is 41.3 cm³/mol. The van der Waals surface area contributed by atoms with Gasteiger partial charge in [0.25, 0.3) is 0 Å². The van der Waals surface area contributed by atoms with E-state index in [1.54, 1.807) is 6.92 Å². The second-order valence-corrected chi connectivity index (χ2v) is 2.66. The zero-order valence-electron chi connectivity index (χ0n) is 6.86. The molecule has 0 unspecified atom stereocenters. The summed E-state index contributed by atoms with van der Waals surface area (Å²) < 4.78 is 5.04. The molecule has 0 aliphatic heterocycles. The van der Waals surface area contributed by atoms with Crippen LogP contribution in [0.3, 0.4) is 0 Å². The summed E-state index contributed by atoms with van der Waals surface area (Å²) in [5.41, 5.74) is 0. The van der Waals surface area contributed by atoms with E-state index in [4.69, 9.17) is 14.9 Å². The number of carbonyl (C=O) groups excluding carboxylic acids is 1. The zero-order chi connectivity index (χ0) is 9.14. The topological polar surface area (TPSA) is 66.8 Å². The van der Waals surface area contributed by atoms with Crippen molar-refractivity contribution in [1.29, 1.82) is 0 Å². The molecule has 12 heavy (non-hydrogen) atoms. The van der Waals surface area contributed by atoms with Gasteiger partial charge in [0, 0.05) is 12.5 Å². The van der Waals surface area contributed by atoms with E-state index >= 15 is 0 Å². The first kappa shape index (κ1) is 9.22. The van der Waals surface area contributed by atoms with Gasteiger partial charge in [-0.1, -0.05) is 0 Å². The summed E-state index contributed by atoms with van der Waals surface area (Å²) in [5.74, 6) is -0.0440. The average Bonchev–Trinajstić information content (AvgIpc) is 2.01. The number of hydrogen-bond donors (Lipinski definition) is 2. The van der Waals surface area contributed by atoms with Gasteiger partial charge in [-0.3, -0.25) is 4.79 Å². The van der Waals surface area contributed by atoms with Gasteiger partial charge in [0.15, 0.2) is 5.78 Å². The molecule has 0 bridgehead atoms. The van der Waals surface area contributed by atoms with Crippen molar-refractivity contribution in [3.63, 3.8) is 0 Å². The van der Waals surface area contributed by atoms with Gasteiger partial charge in [-0.15, -0.1) is 0 Å². The first-order chi connectivity index (χ1) is 5.65. The van der Waals surface area contributed by atoms with Crippen LogP contribution in [0, 0.1) is 0 Å². The smallest absolute Gasteiger partial charge is 0.190 e. The molecule has 0 aromatic carbocycles. The van der Waals surface area contributed by atoms with Crippen LogP contribution in [0.15, 0.2) is 11.8 Å². The van der Waals surface area contributed by atoms with Crippen molar-refractivity contribution >= 4 is 5.78 Å². The third-order valence-electron chi connectivity index (χ3n) is 1.70. The average molecular weight is 172 g/mol. The van der Waals surface area contributed by atoms with Crippen LogP contribution in [0.25, 0.3) is 0 Å². The Kier molecular flexibility index (Phi) is 2.83. The minimum absolute atomic E-state index is 0.209. The van der Waals surface area contributed by atoms with E-state index in [1.165, 1.54) is 6.08 Å². The summed E-state index contributed by atoms with van der Waals surface area (Å²) in [4.78, 5) is 10.9. The van der Waals surface area contributed by atoms with E-state index in [0.717, 1.165) is 0 Å². The molecule has 4 heteroatoms. The first-order valence-electron chi connectivity index (χ1n) is 3.88. The molecule has 1 aliphatic rings. The number of ether oxygens (including phenoxy) is 1. The molecule has 1 rings (SSSR count). The van der Waals surface area contributed by atoms with Crippen LogP contribution in [0.2, 0.25) is 0 Å². The van der Waals surface area contributed by atoms with Gasteiger partial charge in [-0.2, -0.15) is 0 Å². The van der Waals surface area contributed by atoms with Gasteiger partial charge in [-0.05, 0) is 6.92 Å². The Balaban J connectivity index is 2.67. The maximum atomic E-state index is 10.9. The lowest BCUT2D eigenvalue weighted by atomic mass is 9.99. The van der Waals surface area contributed by atoms with Crippen molar-refractivity contribution in [3.8, 4) is 0 Å². The van der Waals surface area contributed by atoms with Crippen molar-refractivity contribution in [1.82, 2.24) is 0 Å². The molecule has 0 heterocycles. The SMILES string of the molecule is CCOC1=CC(=O)[C@@H](O)[C@@H](O)C1. The fraction of sp³-hybridized carbons (Fsp3) is 0.625. The minimum atomic E-state index is -1.28. The summed E-state index contributed by atoms with van der Waals surface area (Å²) >= 11 is 0. The van der Waals surface area contributed by atoms with E-state index in [2.05, 4.69) is 0 Å². The second-order valence-electron chi connectivity index (χ2n) is 2.66. The Bertz CT molecular complexity index is 209. The van der Waals surface area contributed by atoms with Crippen molar-refractivity contribution < 1.29 is 19.7 Å². The summed E-state index contributed by atoms with van der Waals surface area (Å²) in [6.45, 7) is 2.25. The van der Waals surface area contributed by atoms with E-state index < -0.39 is 18.0 Å². The Morgan fingerprint density at radius 1 is 1.67 bits per heavy atom. The maximum absolute atomic E-state index is 10.9. The molecular formula is C8H12O4. The first-order valence-corrected chi connectivity index (χ1v) is 3.88. The third kappa shape index (κ3) is 1.84. The summed E-state index contributed by atoms with van der Waals surface area (Å²) in [5, 5.41) is 18.2. The largest absolute Gasteiger partial charge is 0.498 e. The van der Waals surface area contributed by atoms with Gasteiger partial charge < -0.3 is 14.9 Å². The molecule has 0 saturated carbocycles. The third-order valence-corrected chi connectivity index (χ3v) is 1.70. The van der Waals surface area contributed by atoms with Crippen LogP contribution >= 0.6 is 0 Å². The normalized spacial score (nSPS) is 29.9. The van der Waals surface area contributed by atoms with Crippen molar-refractivity contribution in [2.45, 2.75) is 25.6 Å². The molecule has 0 spiro atoms. The fourth-order valence-corrected chi connectivity index (χ4v) is 1.10. The minimum Gasteiger partial charge on any atom is -0.498 e. The van der Waals surface area contributed by atoms with Crippen molar-refractivity contribution in [2.24, 2.45) is 0 Å².